The number of hydrogen-bond acceptors (Lipinski definition) is 4. The summed E-state index contributed by atoms with van der Waals surface area (Å²) in [5.41, 5.74) is 0.962. The predicted octanol–water partition coefficient (Wildman–Crippen LogP) is 0.512. The molecule has 0 radical (unpaired) electrons. The molecule has 0 aromatic carbocycles. The molecule has 6 nitrogen and oxygen atoms in total. The number of hydrogen-bond donors (Lipinski definition) is 0. The van der Waals surface area contributed by atoms with Crippen LogP contribution < -0.4 is 0 Å². The fraction of sp³-hybridized carbons (Fsp3) is 0.500. The van der Waals surface area contributed by atoms with Crippen LogP contribution in [0.3, 0.4) is 0 Å². The van der Waals surface area contributed by atoms with E-state index in [2.05, 4.69) is 16.5 Å². The van der Waals surface area contributed by atoms with Gasteiger partial charge in [-0.15, -0.1) is 6.58 Å². The van der Waals surface area contributed by atoms with Crippen LogP contribution in [-0.4, -0.2) is 57.8 Å². The van der Waals surface area contributed by atoms with E-state index in [1.165, 1.54) is 6.33 Å². The van der Waals surface area contributed by atoms with Gasteiger partial charge in [-0.05, 0) is 12.0 Å². The van der Waals surface area contributed by atoms with Gasteiger partial charge in [0, 0.05) is 50.9 Å². The third-order valence-corrected chi connectivity index (χ3v) is 4.47. The molecule has 6 heteroatoms. The first-order valence-corrected chi connectivity index (χ1v) is 7.60. The molecule has 2 aliphatic rings. The SMILES string of the molecule is C=CCN1C[C@@H]2CN(C(=O)CCc3cncnc3)C[C@@H]2C1=O. The Bertz CT molecular complexity index is 575. The highest BCUT2D eigenvalue weighted by molar-refractivity contribution is 5.84. The van der Waals surface area contributed by atoms with E-state index in [9.17, 15) is 9.59 Å². The van der Waals surface area contributed by atoms with Gasteiger partial charge in [0.25, 0.3) is 0 Å². The fourth-order valence-electron chi connectivity index (χ4n) is 3.34. The molecule has 0 unspecified atom stereocenters. The van der Waals surface area contributed by atoms with Gasteiger partial charge in [-0.2, -0.15) is 0 Å². The second kappa shape index (κ2) is 6.25. The average molecular weight is 300 g/mol. The summed E-state index contributed by atoms with van der Waals surface area (Å²) in [6, 6.07) is 0. The van der Waals surface area contributed by atoms with Crippen LogP contribution in [0, 0.1) is 11.8 Å². The Morgan fingerprint density at radius 1 is 1.32 bits per heavy atom. The molecule has 3 rings (SSSR count). The topological polar surface area (TPSA) is 66.4 Å². The zero-order valence-electron chi connectivity index (χ0n) is 12.5. The lowest BCUT2D eigenvalue weighted by Crippen LogP contribution is -2.35. The number of likely N-dealkylation sites (tertiary alicyclic amines) is 2. The highest BCUT2D eigenvalue weighted by Crippen LogP contribution is 2.32. The van der Waals surface area contributed by atoms with Gasteiger partial charge >= 0.3 is 0 Å². The van der Waals surface area contributed by atoms with Gasteiger partial charge < -0.3 is 9.80 Å². The summed E-state index contributed by atoms with van der Waals surface area (Å²) in [4.78, 5) is 36.1. The molecular formula is C16H20N4O2. The van der Waals surface area contributed by atoms with Crippen molar-refractivity contribution >= 4 is 11.8 Å². The van der Waals surface area contributed by atoms with E-state index in [1.54, 1.807) is 18.5 Å². The van der Waals surface area contributed by atoms with Crippen molar-refractivity contribution in [2.45, 2.75) is 12.8 Å². The first-order valence-electron chi connectivity index (χ1n) is 7.60. The van der Waals surface area contributed by atoms with Crippen molar-refractivity contribution in [3.05, 3.63) is 36.9 Å². The van der Waals surface area contributed by atoms with E-state index in [-0.39, 0.29) is 23.7 Å². The third kappa shape index (κ3) is 2.86. The molecule has 1 aromatic heterocycles. The largest absolute Gasteiger partial charge is 0.342 e. The highest BCUT2D eigenvalue weighted by atomic mass is 16.2. The lowest BCUT2D eigenvalue weighted by molar-refractivity contribution is -0.133. The molecule has 0 bridgehead atoms. The van der Waals surface area contributed by atoms with Gasteiger partial charge in [0.2, 0.25) is 11.8 Å². The number of carbonyl (C=O) groups excluding carboxylic acids is 2. The van der Waals surface area contributed by atoms with Crippen LogP contribution >= 0.6 is 0 Å². The summed E-state index contributed by atoms with van der Waals surface area (Å²) in [5, 5.41) is 0. The lowest BCUT2D eigenvalue weighted by Gasteiger charge is -2.21. The molecule has 1 aromatic rings. The standard InChI is InChI=1S/C16H20N4O2/c1-2-5-19-8-13-9-20(10-14(13)16(19)22)15(21)4-3-12-6-17-11-18-7-12/h2,6-7,11,13-14H,1,3-5,8-10H2/t13-,14+/m1/s1. The number of carbonyl (C=O) groups is 2. The Morgan fingerprint density at radius 3 is 2.77 bits per heavy atom. The van der Waals surface area contributed by atoms with Crippen LogP contribution in [0.15, 0.2) is 31.4 Å². The number of aryl methyl sites for hydroxylation is 1. The van der Waals surface area contributed by atoms with Crippen LogP contribution in [0.1, 0.15) is 12.0 Å². The molecular weight excluding hydrogens is 280 g/mol. The zero-order valence-corrected chi connectivity index (χ0v) is 12.5. The van der Waals surface area contributed by atoms with Crippen molar-refractivity contribution in [2.24, 2.45) is 11.8 Å². The third-order valence-electron chi connectivity index (χ3n) is 4.47. The molecule has 0 spiro atoms. The first kappa shape index (κ1) is 14.7. The number of rotatable bonds is 5. The summed E-state index contributed by atoms with van der Waals surface area (Å²) < 4.78 is 0. The Labute approximate surface area is 129 Å². The van der Waals surface area contributed by atoms with Crippen LogP contribution in [0.4, 0.5) is 0 Å². The van der Waals surface area contributed by atoms with Crippen molar-refractivity contribution in [3.63, 3.8) is 0 Å². The van der Waals surface area contributed by atoms with E-state index in [1.807, 2.05) is 9.80 Å². The van der Waals surface area contributed by atoms with Gasteiger partial charge in [-0.3, -0.25) is 9.59 Å². The van der Waals surface area contributed by atoms with Gasteiger partial charge in [0.05, 0.1) is 5.92 Å². The Kier molecular flexibility index (Phi) is 4.18. The maximum Gasteiger partial charge on any atom is 0.228 e. The molecule has 116 valence electrons. The number of amides is 2. The van der Waals surface area contributed by atoms with Crippen molar-refractivity contribution in [2.75, 3.05) is 26.2 Å². The summed E-state index contributed by atoms with van der Waals surface area (Å²) in [6.07, 6.45) is 7.78. The maximum absolute atomic E-state index is 12.3. The normalized spacial score (nSPS) is 23.7. The summed E-state index contributed by atoms with van der Waals surface area (Å²) in [5.74, 6) is 0.526. The number of nitrogens with zero attached hydrogens (tertiary/aromatic N) is 4. The smallest absolute Gasteiger partial charge is 0.228 e. The van der Waals surface area contributed by atoms with Gasteiger partial charge in [0.15, 0.2) is 0 Å². The maximum atomic E-state index is 12.3. The second-order valence-electron chi connectivity index (χ2n) is 5.94. The summed E-state index contributed by atoms with van der Waals surface area (Å²) in [7, 11) is 0. The van der Waals surface area contributed by atoms with E-state index in [0.717, 1.165) is 12.1 Å². The minimum Gasteiger partial charge on any atom is -0.342 e. The van der Waals surface area contributed by atoms with Crippen molar-refractivity contribution in [1.29, 1.82) is 0 Å². The first-order chi connectivity index (χ1) is 10.7. The molecule has 2 saturated heterocycles. The van der Waals surface area contributed by atoms with Crippen LogP contribution in [0.2, 0.25) is 0 Å². The monoisotopic (exact) mass is 300 g/mol. The Morgan fingerprint density at radius 2 is 2.09 bits per heavy atom. The Hall–Kier alpha value is -2.24. The van der Waals surface area contributed by atoms with Crippen molar-refractivity contribution in [1.82, 2.24) is 19.8 Å². The van der Waals surface area contributed by atoms with E-state index >= 15 is 0 Å². The molecule has 2 aliphatic heterocycles. The Balaban J connectivity index is 1.52. The average Bonchev–Trinajstić information content (AvgIpc) is 3.07. The fourth-order valence-corrected chi connectivity index (χ4v) is 3.34. The van der Waals surface area contributed by atoms with Gasteiger partial charge in [-0.25, -0.2) is 9.97 Å². The minimum atomic E-state index is -0.0241. The van der Waals surface area contributed by atoms with E-state index in [0.29, 0.717) is 32.5 Å². The van der Waals surface area contributed by atoms with E-state index in [4.69, 9.17) is 0 Å². The highest BCUT2D eigenvalue weighted by Gasteiger charge is 2.46. The molecule has 0 saturated carbocycles. The molecule has 22 heavy (non-hydrogen) atoms. The summed E-state index contributed by atoms with van der Waals surface area (Å²) >= 11 is 0. The number of fused-ring (bicyclic) bond motifs is 1. The zero-order chi connectivity index (χ0) is 15.5. The quantitative estimate of drug-likeness (QED) is 0.743. The summed E-state index contributed by atoms with van der Waals surface area (Å²) in [6.45, 7) is 6.27. The van der Waals surface area contributed by atoms with Crippen molar-refractivity contribution in [3.8, 4) is 0 Å². The molecule has 2 amide bonds. The molecule has 2 fully saturated rings. The van der Waals surface area contributed by atoms with Crippen molar-refractivity contribution < 1.29 is 9.59 Å². The second-order valence-corrected chi connectivity index (χ2v) is 5.94. The van der Waals surface area contributed by atoms with Crippen LogP contribution in [0.5, 0.6) is 0 Å². The van der Waals surface area contributed by atoms with Crippen LogP contribution in [-0.2, 0) is 16.0 Å². The van der Waals surface area contributed by atoms with Gasteiger partial charge in [-0.1, -0.05) is 6.08 Å². The molecule has 0 aliphatic carbocycles. The molecule has 2 atom stereocenters. The van der Waals surface area contributed by atoms with Crippen LogP contribution in [0.25, 0.3) is 0 Å². The lowest BCUT2D eigenvalue weighted by atomic mass is 10.0. The van der Waals surface area contributed by atoms with E-state index < -0.39 is 0 Å². The molecule has 3 heterocycles. The number of aromatic nitrogens is 2. The minimum absolute atomic E-state index is 0.0241. The van der Waals surface area contributed by atoms with Gasteiger partial charge in [0.1, 0.15) is 6.33 Å². The predicted molar refractivity (Wildman–Crippen MR) is 80.7 cm³/mol. The molecule has 0 N–H and O–H groups in total.